The molecule has 2 aliphatic rings. The Hall–Kier alpha value is -2.26. The Kier molecular flexibility index (Phi) is 5.20. The average molecular weight is 417 g/mol. The highest BCUT2D eigenvalue weighted by molar-refractivity contribution is 8.01. The summed E-state index contributed by atoms with van der Waals surface area (Å²) in [7, 11) is 0. The number of benzene rings is 1. The summed E-state index contributed by atoms with van der Waals surface area (Å²) in [4.78, 5) is 38.3. The lowest BCUT2D eigenvalue weighted by Gasteiger charge is -2.17. The number of hydrogen-bond donors (Lipinski definition) is 1. The van der Waals surface area contributed by atoms with E-state index in [2.05, 4.69) is 15.5 Å². The number of aromatic nitrogens is 2. The monoisotopic (exact) mass is 416 g/mol. The van der Waals surface area contributed by atoms with Crippen LogP contribution in [0, 0.1) is 0 Å². The van der Waals surface area contributed by atoms with E-state index in [1.807, 2.05) is 13.8 Å². The summed E-state index contributed by atoms with van der Waals surface area (Å²) in [6, 6.07) is 5.55. The molecule has 146 valence electrons. The highest BCUT2D eigenvalue weighted by Gasteiger charge is 2.35. The largest absolute Gasteiger partial charge is 0.325 e. The lowest BCUT2D eigenvalue weighted by Crippen LogP contribution is -2.32. The van der Waals surface area contributed by atoms with Gasteiger partial charge in [0, 0.05) is 23.7 Å². The highest BCUT2D eigenvalue weighted by atomic mass is 32.2. The maximum Gasteiger partial charge on any atom is 0.231 e. The van der Waals surface area contributed by atoms with E-state index in [1.165, 1.54) is 23.1 Å². The summed E-state index contributed by atoms with van der Waals surface area (Å²) >= 11 is 2.67. The van der Waals surface area contributed by atoms with E-state index in [0.29, 0.717) is 21.5 Å². The number of nitrogens with one attached hydrogen (secondary N) is 1. The number of ketones is 1. The zero-order chi connectivity index (χ0) is 19.8. The van der Waals surface area contributed by atoms with Gasteiger partial charge in [0.15, 0.2) is 10.1 Å². The minimum Gasteiger partial charge on any atom is -0.325 e. The van der Waals surface area contributed by atoms with Gasteiger partial charge in [-0.2, -0.15) is 0 Å². The number of Topliss-reactive ketones (excluding diaryl/α,β-unsaturated/α-hetero) is 1. The van der Waals surface area contributed by atoms with Gasteiger partial charge in [-0.1, -0.05) is 30.0 Å². The van der Waals surface area contributed by atoms with E-state index in [1.54, 1.807) is 23.1 Å². The van der Waals surface area contributed by atoms with Crippen LogP contribution in [-0.2, 0) is 9.59 Å². The van der Waals surface area contributed by atoms with Gasteiger partial charge in [-0.3, -0.25) is 19.3 Å². The van der Waals surface area contributed by atoms with Crippen LogP contribution in [0.2, 0.25) is 0 Å². The Morgan fingerprint density at radius 1 is 1.32 bits per heavy atom. The van der Waals surface area contributed by atoms with E-state index in [-0.39, 0.29) is 35.3 Å². The van der Waals surface area contributed by atoms with Gasteiger partial charge in [0.05, 0.1) is 11.7 Å². The Labute approximate surface area is 170 Å². The van der Waals surface area contributed by atoms with Crippen LogP contribution in [0.25, 0.3) is 0 Å². The molecular weight excluding hydrogens is 396 g/mol. The molecule has 28 heavy (non-hydrogen) atoms. The Bertz CT molecular complexity index is 954. The first-order valence-corrected chi connectivity index (χ1v) is 11.0. The molecule has 1 saturated carbocycles. The molecule has 2 aromatic rings. The predicted octanol–water partition coefficient (Wildman–Crippen LogP) is 3.47. The smallest absolute Gasteiger partial charge is 0.231 e. The SMILES string of the molecule is CCC(=O)N(c1nnc(SCC(=O)c2ccc3c(c2)C(C)C(=O)N3)s1)C1CC1. The van der Waals surface area contributed by atoms with Crippen LogP contribution >= 0.6 is 23.1 Å². The van der Waals surface area contributed by atoms with Crippen LogP contribution in [0.3, 0.4) is 0 Å². The molecule has 0 saturated heterocycles. The van der Waals surface area contributed by atoms with Gasteiger partial charge in [0.1, 0.15) is 0 Å². The third kappa shape index (κ3) is 3.68. The molecule has 0 bridgehead atoms. The van der Waals surface area contributed by atoms with Crippen LogP contribution in [-0.4, -0.2) is 39.6 Å². The van der Waals surface area contributed by atoms with Crippen molar-refractivity contribution in [2.75, 3.05) is 16.0 Å². The number of fused-ring (bicyclic) bond motifs is 1. The quantitative estimate of drug-likeness (QED) is 0.422. The standard InChI is InChI=1S/C19H20N4O3S2/c1-3-16(25)23(12-5-6-12)18-21-22-19(28-18)27-9-15(24)11-4-7-14-13(8-11)10(2)17(26)20-14/h4,7-8,10,12H,3,5-6,9H2,1-2H3,(H,20,26). The fourth-order valence-corrected chi connectivity index (χ4v) is 4.95. The summed E-state index contributed by atoms with van der Waals surface area (Å²) < 4.78 is 0.671. The normalized spacial score (nSPS) is 17.9. The first kappa shape index (κ1) is 19.1. The van der Waals surface area contributed by atoms with Crippen LogP contribution in [0.15, 0.2) is 22.5 Å². The molecule has 4 rings (SSSR count). The molecule has 1 fully saturated rings. The third-order valence-electron chi connectivity index (χ3n) is 4.90. The number of hydrogen-bond acceptors (Lipinski definition) is 7. The predicted molar refractivity (Wildman–Crippen MR) is 109 cm³/mol. The Morgan fingerprint density at radius 3 is 2.82 bits per heavy atom. The average Bonchev–Trinajstić information content (AvgIpc) is 3.35. The van der Waals surface area contributed by atoms with Gasteiger partial charge >= 0.3 is 0 Å². The zero-order valence-corrected chi connectivity index (χ0v) is 17.2. The number of rotatable bonds is 7. The van der Waals surface area contributed by atoms with Gasteiger partial charge in [0.25, 0.3) is 0 Å². The molecule has 9 heteroatoms. The van der Waals surface area contributed by atoms with Crippen molar-refractivity contribution >= 4 is 51.5 Å². The maximum absolute atomic E-state index is 12.6. The summed E-state index contributed by atoms with van der Waals surface area (Å²) in [5, 5.41) is 11.7. The molecular formula is C19H20N4O3S2. The zero-order valence-electron chi connectivity index (χ0n) is 15.6. The second-order valence-corrected chi connectivity index (χ2v) is 9.10. The molecule has 1 aromatic carbocycles. The molecule has 1 aliphatic heterocycles. The van der Waals surface area contributed by atoms with Crippen LogP contribution in [0.1, 0.15) is 54.9 Å². The highest BCUT2D eigenvalue weighted by Crippen LogP contribution is 2.37. The minimum absolute atomic E-state index is 0.0280. The number of thioether (sulfide) groups is 1. The molecule has 1 aliphatic carbocycles. The first-order valence-electron chi connectivity index (χ1n) is 9.24. The van der Waals surface area contributed by atoms with Crippen LogP contribution < -0.4 is 10.2 Å². The fraction of sp³-hybridized carbons (Fsp3) is 0.421. The summed E-state index contributed by atoms with van der Waals surface area (Å²) in [6.45, 7) is 3.67. The molecule has 1 unspecified atom stereocenters. The van der Waals surface area contributed by atoms with Crippen molar-refractivity contribution in [3.8, 4) is 0 Å². The number of amides is 2. The van der Waals surface area contributed by atoms with Crippen molar-refractivity contribution in [1.29, 1.82) is 0 Å². The van der Waals surface area contributed by atoms with Crippen molar-refractivity contribution in [2.45, 2.75) is 49.4 Å². The van der Waals surface area contributed by atoms with Gasteiger partial charge < -0.3 is 5.32 Å². The molecule has 0 radical (unpaired) electrons. The molecule has 1 N–H and O–H groups in total. The topological polar surface area (TPSA) is 92.3 Å². The Morgan fingerprint density at radius 2 is 2.11 bits per heavy atom. The van der Waals surface area contributed by atoms with Gasteiger partial charge in [-0.15, -0.1) is 10.2 Å². The van der Waals surface area contributed by atoms with Crippen LogP contribution in [0.5, 0.6) is 0 Å². The van der Waals surface area contributed by atoms with Crippen molar-refractivity contribution in [1.82, 2.24) is 10.2 Å². The van der Waals surface area contributed by atoms with Gasteiger partial charge in [-0.05, 0) is 43.5 Å². The first-order chi connectivity index (χ1) is 13.5. The van der Waals surface area contributed by atoms with E-state index in [0.717, 1.165) is 24.1 Å². The molecule has 2 heterocycles. The van der Waals surface area contributed by atoms with Gasteiger partial charge in [-0.25, -0.2) is 0 Å². The van der Waals surface area contributed by atoms with Crippen molar-refractivity contribution < 1.29 is 14.4 Å². The fourth-order valence-electron chi connectivity index (χ4n) is 3.13. The minimum atomic E-state index is -0.245. The summed E-state index contributed by atoms with van der Waals surface area (Å²) in [5.74, 6) is -0.0294. The van der Waals surface area contributed by atoms with E-state index >= 15 is 0 Å². The van der Waals surface area contributed by atoms with E-state index < -0.39 is 0 Å². The van der Waals surface area contributed by atoms with E-state index in [4.69, 9.17) is 0 Å². The van der Waals surface area contributed by atoms with Crippen molar-refractivity contribution in [3.05, 3.63) is 29.3 Å². The maximum atomic E-state index is 12.6. The second kappa shape index (κ2) is 7.63. The number of carbonyl (C=O) groups is 3. The number of anilines is 2. The molecule has 1 atom stereocenters. The molecule has 2 amide bonds. The molecule has 1 aromatic heterocycles. The van der Waals surface area contributed by atoms with Crippen LogP contribution in [0.4, 0.5) is 10.8 Å². The number of nitrogens with zero attached hydrogens (tertiary/aromatic N) is 3. The van der Waals surface area contributed by atoms with Gasteiger partial charge in [0.2, 0.25) is 16.9 Å². The lowest BCUT2D eigenvalue weighted by atomic mass is 9.99. The van der Waals surface area contributed by atoms with E-state index in [9.17, 15) is 14.4 Å². The summed E-state index contributed by atoms with van der Waals surface area (Å²) in [5.41, 5.74) is 2.22. The second-order valence-electron chi connectivity index (χ2n) is 6.92. The Balaban J connectivity index is 1.41. The van der Waals surface area contributed by atoms with Crippen molar-refractivity contribution in [3.63, 3.8) is 0 Å². The third-order valence-corrected chi connectivity index (χ3v) is 6.96. The van der Waals surface area contributed by atoms with Crippen molar-refractivity contribution in [2.24, 2.45) is 0 Å². The number of carbonyl (C=O) groups excluding carboxylic acids is 3. The molecule has 7 nitrogen and oxygen atoms in total. The molecule has 0 spiro atoms. The summed E-state index contributed by atoms with van der Waals surface area (Å²) in [6.07, 6.45) is 2.44. The lowest BCUT2D eigenvalue weighted by molar-refractivity contribution is -0.118.